The number of ether oxygens (including phenoxy) is 1. The Morgan fingerprint density at radius 2 is 1.88 bits per heavy atom. The molecule has 1 nitrogen and oxygen atoms in total. The van der Waals surface area contributed by atoms with Crippen molar-refractivity contribution in [3.05, 3.63) is 35.2 Å². The Kier molecular flexibility index (Phi) is 3.83. The molecule has 16 heavy (non-hydrogen) atoms. The molecule has 1 radical (unpaired) electrons. The zero-order valence-corrected chi connectivity index (χ0v) is 9.48. The average molecular weight is 231 g/mol. The first-order valence-corrected chi connectivity index (χ1v) is 5.00. The van der Waals surface area contributed by atoms with E-state index in [1.165, 1.54) is 6.07 Å². The summed E-state index contributed by atoms with van der Waals surface area (Å²) in [7, 11) is 0. The van der Waals surface area contributed by atoms with Crippen LogP contribution < -0.4 is 4.74 Å². The normalized spacial score (nSPS) is 11.9. The second-order valence-electron chi connectivity index (χ2n) is 3.64. The van der Waals surface area contributed by atoms with Gasteiger partial charge >= 0.3 is 6.18 Å². The quantitative estimate of drug-likeness (QED) is 0.762. The molecule has 4 heteroatoms. The van der Waals surface area contributed by atoms with E-state index in [9.17, 15) is 13.2 Å². The molecule has 0 aliphatic heterocycles. The highest BCUT2D eigenvalue weighted by molar-refractivity contribution is 5.43. The molecule has 0 unspecified atom stereocenters. The Morgan fingerprint density at radius 1 is 1.25 bits per heavy atom. The predicted octanol–water partition coefficient (Wildman–Crippen LogP) is 4.07. The third kappa shape index (κ3) is 2.90. The van der Waals surface area contributed by atoms with Gasteiger partial charge in [0, 0.05) is 0 Å². The molecule has 1 aromatic rings. The summed E-state index contributed by atoms with van der Waals surface area (Å²) in [5, 5.41) is 0. The number of alkyl halides is 3. The lowest BCUT2D eigenvalue weighted by Gasteiger charge is -2.15. The SMILES string of the molecule is CCOc1ccc([C](C)C)cc1C(F)(F)F. The van der Waals surface area contributed by atoms with Gasteiger partial charge in [-0.2, -0.15) is 13.2 Å². The van der Waals surface area contributed by atoms with Crippen molar-refractivity contribution in [3.63, 3.8) is 0 Å². The van der Waals surface area contributed by atoms with Crippen LogP contribution in [0.1, 0.15) is 31.9 Å². The molecule has 0 N–H and O–H groups in total. The Balaban J connectivity index is 3.21. The molecule has 1 rings (SSSR count). The zero-order chi connectivity index (χ0) is 12.3. The van der Waals surface area contributed by atoms with Gasteiger partial charge in [0.15, 0.2) is 0 Å². The molecule has 0 aromatic heterocycles. The molecule has 0 heterocycles. The first-order chi connectivity index (χ1) is 7.36. The summed E-state index contributed by atoms with van der Waals surface area (Å²) in [4.78, 5) is 0. The molecule has 0 saturated carbocycles. The van der Waals surface area contributed by atoms with Crippen molar-refractivity contribution in [1.82, 2.24) is 0 Å². The minimum Gasteiger partial charge on any atom is -0.493 e. The van der Waals surface area contributed by atoms with Crippen molar-refractivity contribution in [2.24, 2.45) is 0 Å². The molecule has 0 spiro atoms. The number of hydrogen-bond donors (Lipinski definition) is 0. The van der Waals surface area contributed by atoms with Crippen molar-refractivity contribution >= 4 is 0 Å². The van der Waals surface area contributed by atoms with Crippen LogP contribution in [0.3, 0.4) is 0 Å². The van der Waals surface area contributed by atoms with E-state index in [0.29, 0.717) is 5.56 Å². The van der Waals surface area contributed by atoms with E-state index in [4.69, 9.17) is 4.74 Å². The molecule has 0 aliphatic rings. The smallest absolute Gasteiger partial charge is 0.419 e. The van der Waals surface area contributed by atoms with Crippen LogP contribution in [0, 0.1) is 5.92 Å². The van der Waals surface area contributed by atoms with E-state index < -0.39 is 11.7 Å². The van der Waals surface area contributed by atoms with Gasteiger partial charge in [-0.25, -0.2) is 0 Å². The Morgan fingerprint density at radius 3 is 2.31 bits per heavy atom. The Bertz CT molecular complexity index is 356. The minimum absolute atomic E-state index is 0.111. The van der Waals surface area contributed by atoms with Crippen molar-refractivity contribution in [2.75, 3.05) is 6.61 Å². The molecular weight excluding hydrogens is 217 g/mol. The fourth-order valence-electron chi connectivity index (χ4n) is 1.34. The highest BCUT2D eigenvalue weighted by atomic mass is 19.4. The molecule has 0 atom stereocenters. The fourth-order valence-corrected chi connectivity index (χ4v) is 1.34. The number of halogens is 3. The number of rotatable bonds is 3. The summed E-state index contributed by atoms with van der Waals surface area (Å²) < 4.78 is 43.1. The lowest BCUT2D eigenvalue weighted by molar-refractivity contribution is -0.138. The van der Waals surface area contributed by atoms with Crippen LogP contribution in [-0.4, -0.2) is 6.61 Å². The van der Waals surface area contributed by atoms with Crippen LogP contribution >= 0.6 is 0 Å². The van der Waals surface area contributed by atoms with E-state index in [1.54, 1.807) is 26.8 Å². The maximum Gasteiger partial charge on any atom is 0.419 e. The minimum atomic E-state index is -4.38. The standard InChI is InChI=1S/C12H14F3O/c1-4-16-11-6-5-9(8(2)3)7-10(11)12(13,14)15/h5-7H,4H2,1-3H3. The largest absolute Gasteiger partial charge is 0.493 e. The van der Waals surface area contributed by atoms with Gasteiger partial charge < -0.3 is 4.74 Å². The summed E-state index contributed by atoms with van der Waals surface area (Å²) in [5.41, 5.74) is -0.135. The van der Waals surface area contributed by atoms with Crippen LogP contribution in [0.15, 0.2) is 18.2 Å². The third-order valence-electron chi connectivity index (χ3n) is 2.16. The van der Waals surface area contributed by atoms with E-state index in [0.717, 1.165) is 12.0 Å². The zero-order valence-electron chi connectivity index (χ0n) is 9.48. The molecular formula is C12H14F3O. The van der Waals surface area contributed by atoms with Gasteiger partial charge in [0.2, 0.25) is 0 Å². The van der Waals surface area contributed by atoms with E-state index in [1.807, 2.05) is 0 Å². The summed E-state index contributed by atoms with van der Waals surface area (Å²) in [5.74, 6) is 0.730. The van der Waals surface area contributed by atoms with E-state index in [2.05, 4.69) is 0 Å². The molecule has 0 aliphatic carbocycles. The maximum absolute atomic E-state index is 12.7. The molecule has 0 saturated heterocycles. The van der Waals surface area contributed by atoms with Gasteiger partial charge in [-0.05, 0) is 30.5 Å². The summed E-state index contributed by atoms with van der Waals surface area (Å²) in [6, 6.07) is 4.13. The van der Waals surface area contributed by atoms with Crippen molar-refractivity contribution in [2.45, 2.75) is 26.9 Å². The number of hydrogen-bond acceptors (Lipinski definition) is 1. The lowest BCUT2D eigenvalue weighted by atomic mass is 10.00. The van der Waals surface area contributed by atoms with Gasteiger partial charge in [-0.3, -0.25) is 0 Å². The van der Waals surface area contributed by atoms with Gasteiger partial charge in [0.25, 0.3) is 0 Å². The summed E-state index contributed by atoms with van der Waals surface area (Å²) in [6.45, 7) is 5.42. The van der Waals surface area contributed by atoms with Crippen molar-refractivity contribution in [3.8, 4) is 5.75 Å². The van der Waals surface area contributed by atoms with E-state index in [-0.39, 0.29) is 12.4 Å². The Hall–Kier alpha value is -1.19. The van der Waals surface area contributed by atoms with E-state index >= 15 is 0 Å². The Labute approximate surface area is 93.2 Å². The van der Waals surface area contributed by atoms with Crippen LogP contribution in [0.25, 0.3) is 0 Å². The second-order valence-corrected chi connectivity index (χ2v) is 3.64. The van der Waals surface area contributed by atoms with Crippen LogP contribution in [0.5, 0.6) is 5.75 Å². The second kappa shape index (κ2) is 4.76. The average Bonchev–Trinajstić information content (AvgIpc) is 2.16. The molecule has 89 valence electrons. The van der Waals surface area contributed by atoms with Crippen LogP contribution in [-0.2, 0) is 6.18 Å². The number of benzene rings is 1. The molecule has 1 aromatic carbocycles. The molecule has 0 bridgehead atoms. The monoisotopic (exact) mass is 231 g/mol. The van der Waals surface area contributed by atoms with Gasteiger partial charge in [-0.1, -0.05) is 19.9 Å². The summed E-state index contributed by atoms with van der Waals surface area (Å²) >= 11 is 0. The lowest BCUT2D eigenvalue weighted by Crippen LogP contribution is -2.09. The van der Waals surface area contributed by atoms with Crippen LogP contribution in [0.4, 0.5) is 13.2 Å². The third-order valence-corrected chi connectivity index (χ3v) is 2.16. The molecule has 0 amide bonds. The first-order valence-electron chi connectivity index (χ1n) is 5.00. The molecule has 0 fully saturated rings. The van der Waals surface area contributed by atoms with Gasteiger partial charge in [0.05, 0.1) is 12.2 Å². The first kappa shape index (κ1) is 12.9. The van der Waals surface area contributed by atoms with Crippen molar-refractivity contribution in [1.29, 1.82) is 0 Å². The topological polar surface area (TPSA) is 9.23 Å². The maximum atomic E-state index is 12.7. The fraction of sp³-hybridized carbons (Fsp3) is 0.417. The van der Waals surface area contributed by atoms with Crippen LogP contribution in [0.2, 0.25) is 0 Å². The van der Waals surface area contributed by atoms with Gasteiger partial charge in [-0.15, -0.1) is 0 Å². The van der Waals surface area contributed by atoms with Crippen molar-refractivity contribution < 1.29 is 17.9 Å². The highest BCUT2D eigenvalue weighted by Crippen LogP contribution is 2.37. The highest BCUT2D eigenvalue weighted by Gasteiger charge is 2.34. The predicted molar refractivity (Wildman–Crippen MR) is 56.3 cm³/mol. The van der Waals surface area contributed by atoms with Gasteiger partial charge in [0.1, 0.15) is 5.75 Å². The summed E-state index contributed by atoms with van der Waals surface area (Å²) in [6.07, 6.45) is -4.38.